The Morgan fingerprint density at radius 1 is 1.27 bits per heavy atom. The van der Waals surface area contributed by atoms with Crippen LogP contribution in [0.2, 0.25) is 0 Å². The van der Waals surface area contributed by atoms with Crippen LogP contribution in [0.15, 0.2) is 29.3 Å². The summed E-state index contributed by atoms with van der Waals surface area (Å²) in [7, 11) is -3.07. The van der Waals surface area contributed by atoms with Crippen LogP contribution in [0.1, 0.15) is 27.7 Å². The summed E-state index contributed by atoms with van der Waals surface area (Å²) in [4.78, 5) is 18.7. The summed E-state index contributed by atoms with van der Waals surface area (Å²) >= 11 is 1.39. The highest BCUT2D eigenvalue weighted by molar-refractivity contribution is 8.16. The van der Waals surface area contributed by atoms with Gasteiger partial charge in [-0.15, -0.1) is 0 Å². The molecule has 8 heteroatoms. The summed E-state index contributed by atoms with van der Waals surface area (Å²) in [6.45, 7) is 7.97. The molecule has 2 aliphatic heterocycles. The molecule has 0 spiro atoms. The fraction of sp³-hybridized carbons (Fsp3) is 0.556. The third kappa shape index (κ3) is 3.91. The van der Waals surface area contributed by atoms with Gasteiger partial charge in [-0.05, 0) is 31.2 Å². The lowest BCUT2D eigenvalue weighted by Crippen LogP contribution is -2.38. The maximum atomic E-state index is 12.4. The van der Waals surface area contributed by atoms with Gasteiger partial charge in [-0.2, -0.15) is 4.99 Å². The number of rotatable bonds is 3. The molecule has 2 heterocycles. The summed E-state index contributed by atoms with van der Waals surface area (Å²) < 4.78 is 29.6. The summed E-state index contributed by atoms with van der Waals surface area (Å²) in [5.74, 6) is 0.751. The molecular formula is C18H24N2O4S2. The minimum absolute atomic E-state index is 0.0839. The number of hydrogen-bond donors (Lipinski definition) is 0. The number of anilines is 1. The van der Waals surface area contributed by atoms with Crippen LogP contribution < -0.4 is 9.64 Å². The number of aliphatic imine (C=N–C) groups is 1. The van der Waals surface area contributed by atoms with Crippen LogP contribution in [0.5, 0.6) is 5.75 Å². The SMILES string of the molecule is CCOc1ccc(N2C(=NC(=O)C(C)(C)C)S[C@H]3CS(=O)(=O)C[C@@H]32)cc1. The lowest BCUT2D eigenvalue weighted by molar-refractivity contribution is -0.124. The van der Waals surface area contributed by atoms with E-state index < -0.39 is 15.3 Å². The van der Waals surface area contributed by atoms with Crippen molar-refractivity contribution in [3.05, 3.63) is 24.3 Å². The number of fused-ring (bicyclic) bond motifs is 1. The van der Waals surface area contributed by atoms with Crippen LogP contribution in [0, 0.1) is 5.41 Å². The standard InChI is InChI=1S/C18H24N2O4S2/c1-5-24-13-8-6-12(7-9-13)20-14-10-26(22,23)11-15(14)25-17(20)19-16(21)18(2,3)4/h6-9,14-15H,5,10-11H2,1-4H3/t14-,15-/m0/s1. The number of benzene rings is 1. The molecule has 26 heavy (non-hydrogen) atoms. The molecule has 142 valence electrons. The van der Waals surface area contributed by atoms with Gasteiger partial charge < -0.3 is 9.64 Å². The lowest BCUT2D eigenvalue weighted by atomic mass is 9.96. The molecule has 1 aromatic rings. The highest BCUT2D eigenvalue weighted by atomic mass is 32.2. The summed E-state index contributed by atoms with van der Waals surface area (Å²) in [6, 6.07) is 7.27. The van der Waals surface area contributed by atoms with Crippen molar-refractivity contribution < 1.29 is 17.9 Å². The van der Waals surface area contributed by atoms with Crippen LogP contribution in [0.3, 0.4) is 0 Å². The van der Waals surface area contributed by atoms with Crippen LogP contribution in [-0.4, -0.2) is 48.9 Å². The number of carbonyl (C=O) groups excluding carboxylic acids is 1. The first-order valence-corrected chi connectivity index (χ1v) is 11.3. The first-order valence-electron chi connectivity index (χ1n) is 8.63. The first kappa shape index (κ1) is 19.2. The van der Waals surface area contributed by atoms with E-state index in [1.165, 1.54) is 11.8 Å². The Kier molecular flexibility index (Phi) is 5.09. The van der Waals surface area contributed by atoms with Gasteiger partial charge in [0, 0.05) is 16.4 Å². The van der Waals surface area contributed by atoms with Gasteiger partial charge in [0.05, 0.1) is 24.2 Å². The average Bonchev–Trinajstić information content (AvgIpc) is 2.98. The highest BCUT2D eigenvalue weighted by Gasteiger charge is 2.49. The molecule has 2 saturated heterocycles. The van der Waals surface area contributed by atoms with Gasteiger partial charge in [0.25, 0.3) is 5.91 Å². The molecule has 2 atom stereocenters. The van der Waals surface area contributed by atoms with E-state index in [0.29, 0.717) is 11.8 Å². The Labute approximate surface area is 158 Å². The quantitative estimate of drug-likeness (QED) is 0.782. The van der Waals surface area contributed by atoms with Gasteiger partial charge in [-0.25, -0.2) is 8.42 Å². The third-order valence-electron chi connectivity index (χ3n) is 4.33. The van der Waals surface area contributed by atoms with E-state index in [2.05, 4.69) is 4.99 Å². The molecule has 0 bridgehead atoms. The monoisotopic (exact) mass is 396 g/mol. The van der Waals surface area contributed by atoms with E-state index in [4.69, 9.17) is 4.74 Å². The average molecular weight is 397 g/mol. The Morgan fingerprint density at radius 3 is 2.50 bits per heavy atom. The van der Waals surface area contributed by atoms with Crippen molar-refractivity contribution in [2.75, 3.05) is 23.0 Å². The Hall–Kier alpha value is -1.54. The second-order valence-corrected chi connectivity index (χ2v) is 10.9. The second kappa shape index (κ2) is 6.88. The number of hydrogen-bond acceptors (Lipinski definition) is 5. The molecule has 0 saturated carbocycles. The Balaban J connectivity index is 1.97. The zero-order chi connectivity index (χ0) is 19.1. The van der Waals surface area contributed by atoms with Gasteiger partial charge >= 0.3 is 0 Å². The van der Waals surface area contributed by atoms with Gasteiger partial charge in [0.2, 0.25) is 0 Å². The summed E-state index contributed by atoms with van der Waals surface area (Å²) in [5.41, 5.74) is 0.243. The van der Waals surface area contributed by atoms with Crippen molar-refractivity contribution in [3.8, 4) is 5.75 Å². The van der Waals surface area contributed by atoms with E-state index in [-0.39, 0.29) is 28.7 Å². The third-order valence-corrected chi connectivity index (χ3v) is 7.54. The van der Waals surface area contributed by atoms with Crippen molar-refractivity contribution in [1.29, 1.82) is 0 Å². The van der Waals surface area contributed by atoms with E-state index in [1.807, 2.05) is 56.9 Å². The van der Waals surface area contributed by atoms with Crippen molar-refractivity contribution in [2.45, 2.75) is 39.0 Å². The molecule has 1 aromatic carbocycles. The molecule has 0 aliphatic carbocycles. The predicted octanol–water partition coefficient (Wildman–Crippen LogP) is 2.73. The van der Waals surface area contributed by atoms with Gasteiger partial charge in [-0.3, -0.25) is 4.79 Å². The number of amidine groups is 1. The lowest BCUT2D eigenvalue weighted by Gasteiger charge is -2.25. The molecule has 2 aliphatic rings. The fourth-order valence-electron chi connectivity index (χ4n) is 2.99. The molecule has 6 nitrogen and oxygen atoms in total. The first-order chi connectivity index (χ1) is 12.1. The normalized spacial score (nSPS) is 26.2. The van der Waals surface area contributed by atoms with Gasteiger partial charge in [0.15, 0.2) is 15.0 Å². The number of carbonyl (C=O) groups is 1. The van der Waals surface area contributed by atoms with Crippen LogP contribution in [0.25, 0.3) is 0 Å². The van der Waals surface area contributed by atoms with Crippen LogP contribution >= 0.6 is 11.8 Å². The van der Waals surface area contributed by atoms with Crippen molar-refractivity contribution in [3.63, 3.8) is 0 Å². The molecule has 1 amide bonds. The molecule has 0 unspecified atom stereocenters. The minimum atomic E-state index is -3.07. The van der Waals surface area contributed by atoms with E-state index in [9.17, 15) is 13.2 Å². The molecule has 3 rings (SSSR count). The Morgan fingerprint density at radius 2 is 1.92 bits per heavy atom. The van der Waals surface area contributed by atoms with Crippen LogP contribution in [0.4, 0.5) is 5.69 Å². The molecule has 0 N–H and O–H groups in total. The number of nitrogens with zero attached hydrogens (tertiary/aromatic N) is 2. The van der Waals surface area contributed by atoms with Crippen LogP contribution in [-0.2, 0) is 14.6 Å². The molecule has 0 aromatic heterocycles. The summed E-state index contributed by atoms with van der Waals surface area (Å²) in [6.07, 6.45) is 0. The van der Waals surface area contributed by atoms with Crippen molar-refractivity contribution >= 4 is 38.4 Å². The largest absolute Gasteiger partial charge is 0.494 e. The van der Waals surface area contributed by atoms with Gasteiger partial charge in [-0.1, -0.05) is 32.5 Å². The zero-order valence-electron chi connectivity index (χ0n) is 15.4. The maximum Gasteiger partial charge on any atom is 0.253 e. The zero-order valence-corrected chi connectivity index (χ0v) is 17.1. The second-order valence-electron chi connectivity index (χ2n) is 7.55. The molecule has 2 fully saturated rings. The highest BCUT2D eigenvalue weighted by Crippen LogP contribution is 2.41. The number of amides is 1. The predicted molar refractivity (Wildman–Crippen MR) is 106 cm³/mol. The Bertz CT molecular complexity index is 826. The van der Waals surface area contributed by atoms with E-state index >= 15 is 0 Å². The smallest absolute Gasteiger partial charge is 0.253 e. The summed E-state index contributed by atoms with van der Waals surface area (Å²) in [5, 5.41) is 0.483. The van der Waals surface area contributed by atoms with Crippen molar-refractivity contribution in [1.82, 2.24) is 0 Å². The topological polar surface area (TPSA) is 76.0 Å². The minimum Gasteiger partial charge on any atom is -0.494 e. The van der Waals surface area contributed by atoms with Gasteiger partial charge in [0.1, 0.15) is 5.75 Å². The van der Waals surface area contributed by atoms with E-state index in [1.54, 1.807) is 0 Å². The maximum absolute atomic E-state index is 12.4. The molecular weight excluding hydrogens is 372 g/mol. The number of thioether (sulfide) groups is 1. The molecule has 0 radical (unpaired) electrons. The van der Waals surface area contributed by atoms with Crippen molar-refractivity contribution in [2.24, 2.45) is 10.4 Å². The number of ether oxygens (including phenoxy) is 1. The number of sulfone groups is 1. The fourth-order valence-corrected chi connectivity index (χ4v) is 6.90. The van der Waals surface area contributed by atoms with E-state index in [0.717, 1.165) is 11.4 Å².